The van der Waals surface area contributed by atoms with Gasteiger partial charge in [-0.1, -0.05) is 29.8 Å². The van der Waals surface area contributed by atoms with Gasteiger partial charge in [-0.05, 0) is 6.92 Å². The van der Waals surface area contributed by atoms with Gasteiger partial charge in [-0.3, -0.25) is 14.4 Å². The maximum absolute atomic E-state index is 12.0. The van der Waals surface area contributed by atoms with Crippen molar-refractivity contribution in [1.29, 1.82) is 0 Å². The Morgan fingerprint density at radius 2 is 1.47 bits per heavy atom. The van der Waals surface area contributed by atoms with Crippen molar-refractivity contribution in [1.82, 2.24) is 0 Å². The molecular formula is C14H16O5. The standard InChI is InChI=1S/C14H16O5/c1-9-4-6-10(7-5-9)12(15)8-11(13(16)18-2)14(17)19-3/h4-7,11H,8H2,1-3H3. The lowest BCUT2D eigenvalue weighted by Gasteiger charge is -2.11. The Labute approximate surface area is 111 Å². The van der Waals surface area contributed by atoms with E-state index in [0.717, 1.165) is 19.8 Å². The second-order valence-corrected chi connectivity index (χ2v) is 4.09. The quantitative estimate of drug-likeness (QED) is 0.458. The molecule has 0 amide bonds. The minimum atomic E-state index is -1.22. The minimum Gasteiger partial charge on any atom is -0.468 e. The van der Waals surface area contributed by atoms with Crippen LogP contribution in [0.25, 0.3) is 0 Å². The highest BCUT2D eigenvalue weighted by molar-refractivity contribution is 6.04. The van der Waals surface area contributed by atoms with Gasteiger partial charge in [0, 0.05) is 12.0 Å². The average Bonchev–Trinajstić information content (AvgIpc) is 2.43. The predicted molar refractivity (Wildman–Crippen MR) is 67.6 cm³/mol. The third-order valence-electron chi connectivity index (χ3n) is 2.73. The molecule has 0 aliphatic rings. The van der Waals surface area contributed by atoms with Crippen LogP contribution in [0.5, 0.6) is 0 Å². The molecule has 102 valence electrons. The Balaban J connectivity index is 2.84. The molecule has 0 atom stereocenters. The van der Waals surface area contributed by atoms with Gasteiger partial charge in [0.2, 0.25) is 0 Å². The van der Waals surface area contributed by atoms with Gasteiger partial charge in [0.05, 0.1) is 14.2 Å². The molecular weight excluding hydrogens is 248 g/mol. The van der Waals surface area contributed by atoms with Crippen LogP contribution in [0, 0.1) is 12.8 Å². The van der Waals surface area contributed by atoms with Crippen LogP contribution in [0.15, 0.2) is 24.3 Å². The molecule has 5 nitrogen and oxygen atoms in total. The summed E-state index contributed by atoms with van der Waals surface area (Å²) in [4.78, 5) is 34.9. The molecule has 0 unspecified atom stereocenters. The molecule has 19 heavy (non-hydrogen) atoms. The van der Waals surface area contributed by atoms with Crippen molar-refractivity contribution in [2.75, 3.05) is 14.2 Å². The first kappa shape index (κ1) is 14.9. The molecule has 0 aromatic heterocycles. The van der Waals surface area contributed by atoms with Gasteiger partial charge in [-0.15, -0.1) is 0 Å². The van der Waals surface area contributed by atoms with Gasteiger partial charge in [-0.25, -0.2) is 0 Å². The van der Waals surface area contributed by atoms with Gasteiger partial charge >= 0.3 is 11.9 Å². The van der Waals surface area contributed by atoms with Crippen molar-refractivity contribution in [2.24, 2.45) is 5.92 Å². The third-order valence-corrected chi connectivity index (χ3v) is 2.73. The molecule has 0 spiro atoms. The first-order valence-corrected chi connectivity index (χ1v) is 5.75. The second kappa shape index (κ2) is 6.68. The van der Waals surface area contributed by atoms with E-state index in [2.05, 4.69) is 9.47 Å². The SMILES string of the molecule is COC(=O)C(CC(=O)c1ccc(C)cc1)C(=O)OC. The van der Waals surface area contributed by atoms with Crippen LogP contribution in [0.1, 0.15) is 22.3 Å². The van der Waals surface area contributed by atoms with Gasteiger partial charge in [0.1, 0.15) is 0 Å². The maximum Gasteiger partial charge on any atom is 0.320 e. The zero-order valence-electron chi connectivity index (χ0n) is 11.1. The lowest BCUT2D eigenvalue weighted by Crippen LogP contribution is -2.28. The van der Waals surface area contributed by atoms with E-state index in [1.54, 1.807) is 24.3 Å². The molecule has 0 fully saturated rings. The number of benzene rings is 1. The van der Waals surface area contributed by atoms with Crippen LogP contribution in [0.2, 0.25) is 0 Å². The number of hydrogen-bond donors (Lipinski definition) is 0. The summed E-state index contributed by atoms with van der Waals surface area (Å²) in [6.07, 6.45) is -0.262. The monoisotopic (exact) mass is 264 g/mol. The first-order chi connectivity index (χ1) is 8.99. The zero-order valence-corrected chi connectivity index (χ0v) is 11.1. The fourth-order valence-electron chi connectivity index (χ4n) is 1.59. The molecule has 1 aromatic rings. The van der Waals surface area contributed by atoms with Crippen molar-refractivity contribution in [3.8, 4) is 0 Å². The van der Waals surface area contributed by atoms with Crippen LogP contribution in [-0.4, -0.2) is 31.9 Å². The molecule has 0 radical (unpaired) electrons. The topological polar surface area (TPSA) is 69.7 Å². The van der Waals surface area contributed by atoms with E-state index < -0.39 is 17.9 Å². The number of aryl methyl sites for hydroxylation is 1. The fraction of sp³-hybridized carbons (Fsp3) is 0.357. The van der Waals surface area contributed by atoms with Crippen LogP contribution < -0.4 is 0 Å². The molecule has 0 heterocycles. The second-order valence-electron chi connectivity index (χ2n) is 4.09. The van der Waals surface area contributed by atoms with Crippen molar-refractivity contribution in [3.05, 3.63) is 35.4 Å². The van der Waals surface area contributed by atoms with Crippen LogP contribution >= 0.6 is 0 Å². The van der Waals surface area contributed by atoms with E-state index >= 15 is 0 Å². The first-order valence-electron chi connectivity index (χ1n) is 5.75. The average molecular weight is 264 g/mol. The Morgan fingerprint density at radius 3 is 1.89 bits per heavy atom. The summed E-state index contributed by atoms with van der Waals surface area (Å²) >= 11 is 0. The van der Waals surface area contributed by atoms with Gasteiger partial charge in [0.25, 0.3) is 0 Å². The summed E-state index contributed by atoms with van der Waals surface area (Å²) in [7, 11) is 2.32. The van der Waals surface area contributed by atoms with Crippen molar-refractivity contribution >= 4 is 17.7 Å². The number of rotatable bonds is 5. The lowest BCUT2D eigenvalue weighted by molar-refractivity contribution is -0.158. The molecule has 0 saturated heterocycles. The Morgan fingerprint density at radius 1 is 1.00 bits per heavy atom. The Bertz CT molecular complexity index is 459. The van der Waals surface area contributed by atoms with Crippen molar-refractivity contribution in [2.45, 2.75) is 13.3 Å². The smallest absolute Gasteiger partial charge is 0.320 e. The highest BCUT2D eigenvalue weighted by Crippen LogP contribution is 2.14. The Hall–Kier alpha value is -2.17. The molecule has 0 N–H and O–H groups in total. The number of hydrogen-bond acceptors (Lipinski definition) is 5. The predicted octanol–water partition coefficient (Wildman–Crippen LogP) is 1.53. The van der Waals surface area contributed by atoms with E-state index in [4.69, 9.17) is 0 Å². The van der Waals surface area contributed by atoms with Gasteiger partial charge in [-0.2, -0.15) is 0 Å². The summed E-state index contributed by atoms with van der Waals surface area (Å²) in [6, 6.07) is 6.89. The summed E-state index contributed by atoms with van der Waals surface area (Å²) in [5, 5.41) is 0. The van der Waals surface area contributed by atoms with Crippen LogP contribution in [0.4, 0.5) is 0 Å². The minimum absolute atomic E-state index is 0.262. The number of esters is 2. The summed E-state index contributed by atoms with van der Waals surface area (Å²) in [5.74, 6) is -3.07. The van der Waals surface area contributed by atoms with E-state index in [1.807, 2.05) is 6.92 Å². The molecule has 5 heteroatoms. The summed E-state index contributed by atoms with van der Waals surface area (Å²) in [5.41, 5.74) is 1.47. The fourth-order valence-corrected chi connectivity index (χ4v) is 1.59. The van der Waals surface area contributed by atoms with Crippen molar-refractivity contribution < 1.29 is 23.9 Å². The van der Waals surface area contributed by atoms with Gasteiger partial charge in [0.15, 0.2) is 11.7 Å². The number of carbonyl (C=O) groups is 3. The highest BCUT2D eigenvalue weighted by atomic mass is 16.5. The third kappa shape index (κ3) is 3.91. The van der Waals surface area contributed by atoms with Crippen molar-refractivity contribution in [3.63, 3.8) is 0 Å². The number of ether oxygens (including phenoxy) is 2. The molecule has 0 bridgehead atoms. The summed E-state index contributed by atoms with van der Waals surface area (Å²) < 4.78 is 9.00. The largest absolute Gasteiger partial charge is 0.468 e. The number of methoxy groups -OCH3 is 2. The zero-order chi connectivity index (χ0) is 14.4. The maximum atomic E-state index is 12.0. The Kier molecular flexibility index (Phi) is 5.23. The van der Waals surface area contributed by atoms with E-state index in [9.17, 15) is 14.4 Å². The number of carbonyl (C=O) groups excluding carboxylic acids is 3. The number of Topliss-reactive ketones (excluding diaryl/α,β-unsaturated/α-hetero) is 1. The lowest BCUT2D eigenvalue weighted by atomic mass is 9.98. The molecule has 1 rings (SSSR count). The van der Waals surface area contributed by atoms with Crippen LogP contribution in [-0.2, 0) is 19.1 Å². The van der Waals surface area contributed by atoms with E-state index in [-0.39, 0.29) is 12.2 Å². The highest BCUT2D eigenvalue weighted by Gasteiger charge is 2.31. The van der Waals surface area contributed by atoms with Gasteiger partial charge < -0.3 is 9.47 Å². The van der Waals surface area contributed by atoms with E-state index in [1.165, 1.54) is 0 Å². The normalized spacial score (nSPS) is 10.1. The molecule has 0 saturated carbocycles. The molecule has 1 aromatic carbocycles. The summed E-state index contributed by atoms with van der Waals surface area (Å²) in [6.45, 7) is 1.90. The molecule has 0 aliphatic heterocycles. The number of ketones is 1. The van der Waals surface area contributed by atoms with E-state index in [0.29, 0.717) is 5.56 Å². The van der Waals surface area contributed by atoms with Crippen LogP contribution in [0.3, 0.4) is 0 Å². The molecule has 0 aliphatic carbocycles.